The third-order valence-electron chi connectivity index (χ3n) is 7.20. The smallest absolute Gasteiger partial charge is 0.159 e. The van der Waals surface area contributed by atoms with E-state index in [1.807, 2.05) is 0 Å². The lowest BCUT2D eigenvalue weighted by Crippen LogP contribution is -2.15. The summed E-state index contributed by atoms with van der Waals surface area (Å²) in [6, 6.07) is 4.46. The highest BCUT2D eigenvalue weighted by Crippen LogP contribution is 2.39. The maximum Gasteiger partial charge on any atom is 0.159 e. The van der Waals surface area contributed by atoms with Crippen molar-refractivity contribution >= 4 is 0 Å². The molecule has 27 heavy (non-hydrogen) atoms. The zero-order chi connectivity index (χ0) is 19.1. The van der Waals surface area contributed by atoms with Gasteiger partial charge in [-0.25, -0.2) is 8.78 Å². The summed E-state index contributed by atoms with van der Waals surface area (Å²) in [6.07, 6.45) is 19.3. The lowest BCUT2D eigenvalue weighted by Gasteiger charge is -2.30. The van der Waals surface area contributed by atoms with Crippen molar-refractivity contribution < 1.29 is 8.78 Å². The molecule has 2 aliphatic rings. The third kappa shape index (κ3) is 6.16. The summed E-state index contributed by atoms with van der Waals surface area (Å²) >= 11 is 0. The molecule has 0 spiro atoms. The Morgan fingerprint density at radius 1 is 0.778 bits per heavy atom. The van der Waals surface area contributed by atoms with Crippen LogP contribution in [0.2, 0.25) is 0 Å². The van der Waals surface area contributed by atoms with Gasteiger partial charge in [0.05, 0.1) is 0 Å². The van der Waals surface area contributed by atoms with Gasteiger partial charge in [-0.05, 0) is 86.3 Å². The highest BCUT2D eigenvalue weighted by Gasteiger charge is 2.23. The van der Waals surface area contributed by atoms with Gasteiger partial charge in [-0.3, -0.25) is 0 Å². The predicted molar refractivity (Wildman–Crippen MR) is 110 cm³/mol. The Bertz CT molecular complexity index is 578. The predicted octanol–water partition coefficient (Wildman–Crippen LogP) is 8.18. The molecule has 0 bridgehead atoms. The number of hydrogen-bond acceptors (Lipinski definition) is 0. The molecule has 2 saturated carbocycles. The summed E-state index contributed by atoms with van der Waals surface area (Å²) in [5, 5.41) is 0. The van der Waals surface area contributed by atoms with Crippen LogP contribution in [-0.4, -0.2) is 0 Å². The Kier molecular flexibility index (Phi) is 7.91. The number of halogens is 2. The lowest BCUT2D eigenvalue weighted by atomic mass is 9.76. The lowest BCUT2D eigenvalue weighted by molar-refractivity contribution is 0.253. The zero-order valence-electron chi connectivity index (χ0n) is 16.8. The molecule has 0 radical (unpaired) electrons. The molecule has 1 aromatic carbocycles. The van der Waals surface area contributed by atoms with Gasteiger partial charge in [0.1, 0.15) is 0 Å². The molecule has 150 valence electrons. The SMILES string of the molecule is C=CC[C@H]1CC[C@H](CCCCC2CCC(c3ccc(F)c(F)c3)CC2)CC1. The normalized spacial score (nSPS) is 28.8. The molecule has 0 saturated heterocycles. The maximum absolute atomic E-state index is 13.5. The Labute approximate surface area is 164 Å². The molecule has 0 nitrogen and oxygen atoms in total. The van der Waals surface area contributed by atoms with E-state index in [4.69, 9.17) is 0 Å². The van der Waals surface area contributed by atoms with Crippen LogP contribution in [0.4, 0.5) is 8.78 Å². The third-order valence-corrected chi connectivity index (χ3v) is 7.20. The summed E-state index contributed by atoms with van der Waals surface area (Å²) in [5.41, 5.74) is 0.986. The van der Waals surface area contributed by atoms with Gasteiger partial charge in [-0.1, -0.05) is 50.7 Å². The Balaban J connectivity index is 1.29. The number of allylic oxidation sites excluding steroid dienone is 1. The standard InChI is InChI=1S/C25H36F2/c1-2-5-19-8-10-20(11-9-19)6-3-4-7-21-12-14-22(15-13-21)23-16-17-24(26)25(27)18-23/h2,16-22H,1,3-15H2/t19-,20-,21?,22?. The molecule has 2 fully saturated rings. The second-order valence-electron chi connectivity index (χ2n) is 9.09. The molecular formula is C25H36F2. The summed E-state index contributed by atoms with van der Waals surface area (Å²) in [4.78, 5) is 0. The highest BCUT2D eigenvalue weighted by molar-refractivity contribution is 5.22. The van der Waals surface area contributed by atoms with Crippen LogP contribution >= 0.6 is 0 Å². The van der Waals surface area contributed by atoms with Gasteiger partial charge in [0.2, 0.25) is 0 Å². The number of benzene rings is 1. The van der Waals surface area contributed by atoms with Gasteiger partial charge in [-0.15, -0.1) is 6.58 Å². The fraction of sp³-hybridized carbons (Fsp3) is 0.680. The molecule has 1 aromatic rings. The van der Waals surface area contributed by atoms with E-state index >= 15 is 0 Å². The van der Waals surface area contributed by atoms with Crippen molar-refractivity contribution in [3.05, 3.63) is 48.1 Å². The molecule has 0 unspecified atom stereocenters. The Hall–Kier alpha value is -1.18. The zero-order valence-corrected chi connectivity index (χ0v) is 16.8. The largest absolute Gasteiger partial charge is 0.204 e. The summed E-state index contributed by atoms with van der Waals surface area (Å²) in [5.74, 6) is 1.70. The first-order chi connectivity index (χ1) is 13.2. The average molecular weight is 375 g/mol. The quantitative estimate of drug-likeness (QED) is 0.318. The van der Waals surface area contributed by atoms with E-state index in [1.165, 1.54) is 82.8 Å². The Morgan fingerprint density at radius 2 is 1.33 bits per heavy atom. The van der Waals surface area contributed by atoms with Gasteiger partial charge in [0.15, 0.2) is 11.6 Å². The van der Waals surface area contributed by atoms with Crippen LogP contribution in [0.1, 0.15) is 95.0 Å². The summed E-state index contributed by atoms with van der Waals surface area (Å²) < 4.78 is 26.6. The van der Waals surface area contributed by atoms with Crippen molar-refractivity contribution in [2.45, 2.75) is 89.4 Å². The van der Waals surface area contributed by atoms with E-state index in [0.717, 1.165) is 36.2 Å². The second-order valence-corrected chi connectivity index (χ2v) is 9.09. The van der Waals surface area contributed by atoms with E-state index in [1.54, 1.807) is 6.07 Å². The number of hydrogen-bond donors (Lipinski definition) is 0. The molecule has 0 heterocycles. The first kappa shape index (κ1) is 20.6. The molecular weight excluding hydrogens is 338 g/mol. The fourth-order valence-corrected chi connectivity index (χ4v) is 5.41. The van der Waals surface area contributed by atoms with Crippen LogP contribution in [-0.2, 0) is 0 Å². The minimum atomic E-state index is -0.735. The van der Waals surface area contributed by atoms with E-state index in [2.05, 4.69) is 12.7 Å². The molecule has 0 N–H and O–H groups in total. The van der Waals surface area contributed by atoms with Crippen LogP contribution in [0.25, 0.3) is 0 Å². The van der Waals surface area contributed by atoms with Crippen molar-refractivity contribution in [1.82, 2.24) is 0 Å². The molecule has 0 aliphatic heterocycles. The van der Waals surface area contributed by atoms with Gasteiger partial charge in [-0.2, -0.15) is 0 Å². The minimum absolute atomic E-state index is 0.419. The van der Waals surface area contributed by atoms with Crippen LogP contribution < -0.4 is 0 Å². The van der Waals surface area contributed by atoms with Crippen LogP contribution in [0.3, 0.4) is 0 Å². The topological polar surface area (TPSA) is 0 Å². The molecule has 0 atom stereocenters. The van der Waals surface area contributed by atoms with Crippen molar-refractivity contribution in [2.75, 3.05) is 0 Å². The molecule has 2 aliphatic carbocycles. The summed E-state index contributed by atoms with van der Waals surface area (Å²) in [6.45, 7) is 3.88. The second kappa shape index (κ2) is 10.4. The van der Waals surface area contributed by atoms with E-state index in [9.17, 15) is 8.78 Å². The Morgan fingerprint density at radius 3 is 1.89 bits per heavy atom. The van der Waals surface area contributed by atoms with Crippen LogP contribution in [0, 0.1) is 29.4 Å². The first-order valence-electron chi connectivity index (χ1n) is 11.2. The van der Waals surface area contributed by atoms with Crippen LogP contribution in [0.15, 0.2) is 30.9 Å². The number of rotatable bonds is 8. The van der Waals surface area contributed by atoms with E-state index < -0.39 is 11.6 Å². The van der Waals surface area contributed by atoms with E-state index in [0.29, 0.717) is 5.92 Å². The van der Waals surface area contributed by atoms with Gasteiger partial charge in [0.25, 0.3) is 0 Å². The van der Waals surface area contributed by atoms with Crippen molar-refractivity contribution in [3.63, 3.8) is 0 Å². The first-order valence-corrected chi connectivity index (χ1v) is 11.2. The van der Waals surface area contributed by atoms with Crippen LogP contribution in [0.5, 0.6) is 0 Å². The molecule has 2 heteroatoms. The van der Waals surface area contributed by atoms with Gasteiger partial charge < -0.3 is 0 Å². The average Bonchev–Trinajstić information content (AvgIpc) is 2.69. The molecule has 0 amide bonds. The van der Waals surface area contributed by atoms with Gasteiger partial charge >= 0.3 is 0 Å². The van der Waals surface area contributed by atoms with Crippen molar-refractivity contribution in [3.8, 4) is 0 Å². The molecule has 0 aromatic heterocycles. The molecule has 3 rings (SSSR count). The maximum atomic E-state index is 13.5. The van der Waals surface area contributed by atoms with Gasteiger partial charge in [0, 0.05) is 0 Å². The van der Waals surface area contributed by atoms with E-state index in [-0.39, 0.29) is 0 Å². The number of unbranched alkanes of at least 4 members (excludes halogenated alkanes) is 1. The van der Waals surface area contributed by atoms with Crippen molar-refractivity contribution in [1.29, 1.82) is 0 Å². The monoisotopic (exact) mass is 374 g/mol. The fourth-order valence-electron chi connectivity index (χ4n) is 5.41. The van der Waals surface area contributed by atoms with Crippen molar-refractivity contribution in [2.24, 2.45) is 17.8 Å². The summed E-state index contributed by atoms with van der Waals surface area (Å²) in [7, 11) is 0. The highest BCUT2D eigenvalue weighted by atomic mass is 19.2. The minimum Gasteiger partial charge on any atom is -0.204 e.